The average Bonchev–Trinajstić information content (AvgIpc) is 2.97. The van der Waals surface area contributed by atoms with Crippen LogP contribution in [0.15, 0.2) is 33.8 Å². The minimum Gasteiger partial charge on any atom is -0.367 e. The van der Waals surface area contributed by atoms with Crippen molar-refractivity contribution in [2.24, 2.45) is 4.99 Å². The Morgan fingerprint density at radius 3 is 2.67 bits per heavy atom. The fourth-order valence-electron chi connectivity index (χ4n) is 3.29. The lowest BCUT2D eigenvalue weighted by molar-refractivity contribution is -0.0605. The lowest BCUT2D eigenvalue weighted by atomic mass is 10.1. The summed E-state index contributed by atoms with van der Waals surface area (Å²) in [6, 6.07) is 6.51. The topological polar surface area (TPSA) is 62.9 Å². The molecule has 0 aliphatic carbocycles. The van der Waals surface area contributed by atoms with Gasteiger partial charge in [0.2, 0.25) is 0 Å². The number of aromatic nitrogens is 1. The quantitative estimate of drug-likeness (QED) is 0.657. The Morgan fingerprint density at radius 2 is 2.04 bits per heavy atom. The molecule has 2 heterocycles. The van der Waals surface area contributed by atoms with Crippen LogP contribution in [0, 0.1) is 19.7 Å². The van der Waals surface area contributed by atoms with Gasteiger partial charge in [0.25, 0.3) is 0 Å². The average molecular weight is 374 g/mol. The number of rotatable bonds is 4. The third kappa shape index (κ3) is 4.66. The molecule has 7 heteroatoms. The molecule has 1 aliphatic rings. The number of ether oxygens (including phenoxy) is 1. The van der Waals surface area contributed by atoms with Crippen molar-refractivity contribution in [1.29, 1.82) is 0 Å². The van der Waals surface area contributed by atoms with E-state index in [9.17, 15) is 4.39 Å². The van der Waals surface area contributed by atoms with Gasteiger partial charge in [-0.2, -0.15) is 0 Å². The van der Waals surface area contributed by atoms with E-state index in [1.807, 2.05) is 27.7 Å². The molecular formula is C20H27FN4O2. The molecule has 146 valence electrons. The number of morpholine rings is 1. The second-order valence-electron chi connectivity index (χ2n) is 6.86. The standard InChI is InChI=1S/C20H27FN4O2/c1-5-22-20(23-10-18-14(3)24-27-15(18)4)25-11-13(2)26-19(12-25)16-6-8-17(21)9-7-16/h6-9,13,19H,5,10-12H2,1-4H3,(H,22,23). The van der Waals surface area contributed by atoms with E-state index in [1.54, 1.807) is 12.1 Å². The van der Waals surface area contributed by atoms with Crippen LogP contribution in [0.2, 0.25) is 0 Å². The zero-order valence-electron chi connectivity index (χ0n) is 16.3. The Morgan fingerprint density at radius 1 is 1.30 bits per heavy atom. The van der Waals surface area contributed by atoms with Crippen LogP contribution in [0.5, 0.6) is 0 Å². The highest BCUT2D eigenvalue weighted by molar-refractivity contribution is 5.80. The van der Waals surface area contributed by atoms with Crippen LogP contribution in [0.3, 0.4) is 0 Å². The van der Waals surface area contributed by atoms with Gasteiger partial charge in [-0.3, -0.25) is 0 Å². The molecule has 0 bridgehead atoms. The number of guanidine groups is 1. The summed E-state index contributed by atoms with van der Waals surface area (Å²) in [5, 5.41) is 7.36. The van der Waals surface area contributed by atoms with Crippen molar-refractivity contribution in [2.45, 2.75) is 46.4 Å². The van der Waals surface area contributed by atoms with Gasteiger partial charge in [0.15, 0.2) is 5.96 Å². The van der Waals surface area contributed by atoms with E-state index in [4.69, 9.17) is 14.3 Å². The first-order valence-electron chi connectivity index (χ1n) is 9.33. The van der Waals surface area contributed by atoms with Crippen LogP contribution in [0.1, 0.15) is 42.5 Å². The Bertz CT molecular complexity index is 768. The monoisotopic (exact) mass is 374 g/mol. The largest absolute Gasteiger partial charge is 0.367 e. The smallest absolute Gasteiger partial charge is 0.194 e. The molecule has 3 rings (SSSR count). The molecule has 6 nitrogen and oxygen atoms in total. The number of aliphatic imine (C=N–C) groups is 1. The Kier molecular flexibility index (Phi) is 6.11. The summed E-state index contributed by atoms with van der Waals surface area (Å²) < 4.78 is 24.6. The fourth-order valence-corrected chi connectivity index (χ4v) is 3.29. The summed E-state index contributed by atoms with van der Waals surface area (Å²) in [7, 11) is 0. The van der Waals surface area contributed by atoms with Crippen molar-refractivity contribution in [3.8, 4) is 0 Å². The van der Waals surface area contributed by atoms with E-state index in [0.29, 0.717) is 13.1 Å². The molecule has 0 spiro atoms. The minimum absolute atomic E-state index is 0.0386. The minimum atomic E-state index is -0.242. The molecule has 2 unspecified atom stereocenters. The number of halogens is 1. The van der Waals surface area contributed by atoms with Gasteiger partial charge in [0.05, 0.1) is 24.9 Å². The third-order valence-corrected chi connectivity index (χ3v) is 4.70. The molecule has 1 saturated heterocycles. The van der Waals surface area contributed by atoms with E-state index in [2.05, 4.69) is 15.4 Å². The van der Waals surface area contributed by atoms with E-state index in [0.717, 1.165) is 41.6 Å². The van der Waals surface area contributed by atoms with Crippen LogP contribution in [-0.4, -0.2) is 41.8 Å². The molecule has 0 amide bonds. The molecule has 1 fully saturated rings. The van der Waals surface area contributed by atoms with Gasteiger partial charge in [0.1, 0.15) is 17.7 Å². The molecule has 1 aliphatic heterocycles. The molecule has 2 aromatic rings. The van der Waals surface area contributed by atoms with Crippen molar-refractivity contribution in [3.05, 3.63) is 52.7 Å². The predicted molar refractivity (Wildman–Crippen MR) is 102 cm³/mol. The zero-order chi connectivity index (χ0) is 19.4. The normalized spacial score (nSPS) is 20.8. The number of nitrogens with one attached hydrogen (secondary N) is 1. The third-order valence-electron chi connectivity index (χ3n) is 4.70. The highest BCUT2D eigenvalue weighted by Crippen LogP contribution is 2.25. The Balaban J connectivity index is 1.79. The van der Waals surface area contributed by atoms with Crippen LogP contribution in [0.25, 0.3) is 0 Å². The van der Waals surface area contributed by atoms with Crippen molar-refractivity contribution in [1.82, 2.24) is 15.4 Å². The maximum Gasteiger partial charge on any atom is 0.194 e. The summed E-state index contributed by atoms with van der Waals surface area (Å²) in [5.74, 6) is 1.39. The van der Waals surface area contributed by atoms with Crippen LogP contribution < -0.4 is 5.32 Å². The number of benzene rings is 1. The summed E-state index contributed by atoms with van der Waals surface area (Å²) in [5.41, 5.74) is 2.85. The number of nitrogens with zero attached hydrogens (tertiary/aromatic N) is 3. The van der Waals surface area contributed by atoms with Gasteiger partial charge >= 0.3 is 0 Å². The zero-order valence-corrected chi connectivity index (χ0v) is 16.3. The van der Waals surface area contributed by atoms with Crippen molar-refractivity contribution < 1.29 is 13.7 Å². The number of hydrogen-bond donors (Lipinski definition) is 1. The fraction of sp³-hybridized carbons (Fsp3) is 0.500. The maximum absolute atomic E-state index is 13.2. The molecule has 2 atom stereocenters. The summed E-state index contributed by atoms with van der Waals surface area (Å²) in [6.07, 6.45) is -0.0889. The van der Waals surface area contributed by atoms with Crippen molar-refractivity contribution in [2.75, 3.05) is 19.6 Å². The lowest BCUT2D eigenvalue weighted by Crippen LogP contribution is -2.50. The first-order valence-corrected chi connectivity index (χ1v) is 9.33. The molecule has 27 heavy (non-hydrogen) atoms. The van der Waals surface area contributed by atoms with Crippen LogP contribution in [-0.2, 0) is 11.3 Å². The molecular weight excluding hydrogens is 347 g/mol. The summed E-state index contributed by atoms with van der Waals surface area (Å²) >= 11 is 0. The van der Waals surface area contributed by atoms with Gasteiger partial charge < -0.3 is 19.5 Å². The second-order valence-corrected chi connectivity index (χ2v) is 6.86. The van der Waals surface area contributed by atoms with E-state index >= 15 is 0 Å². The van der Waals surface area contributed by atoms with E-state index in [1.165, 1.54) is 12.1 Å². The predicted octanol–water partition coefficient (Wildman–Crippen LogP) is 3.36. The van der Waals surface area contributed by atoms with Crippen molar-refractivity contribution >= 4 is 5.96 Å². The second kappa shape index (κ2) is 8.52. The molecule has 1 aromatic carbocycles. The van der Waals surface area contributed by atoms with Crippen LogP contribution >= 0.6 is 0 Å². The molecule has 0 saturated carbocycles. The highest BCUT2D eigenvalue weighted by Gasteiger charge is 2.28. The molecule has 0 radical (unpaired) electrons. The SMILES string of the molecule is CCNC(=NCc1c(C)noc1C)N1CC(C)OC(c2ccc(F)cc2)C1. The number of aryl methyl sites for hydroxylation is 2. The van der Waals surface area contributed by atoms with Gasteiger partial charge in [-0.1, -0.05) is 17.3 Å². The van der Waals surface area contributed by atoms with Crippen molar-refractivity contribution in [3.63, 3.8) is 0 Å². The van der Waals surface area contributed by atoms with Gasteiger partial charge in [0, 0.05) is 18.7 Å². The maximum atomic E-state index is 13.2. The van der Waals surface area contributed by atoms with E-state index in [-0.39, 0.29) is 18.0 Å². The highest BCUT2D eigenvalue weighted by atomic mass is 19.1. The van der Waals surface area contributed by atoms with E-state index < -0.39 is 0 Å². The molecule has 1 N–H and O–H groups in total. The lowest BCUT2D eigenvalue weighted by Gasteiger charge is -2.38. The van der Waals surface area contributed by atoms with Gasteiger partial charge in [-0.25, -0.2) is 9.38 Å². The number of hydrogen-bond acceptors (Lipinski definition) is 4. The summed E-state index contributed by atoms with van der Waals surface area (Å²) in [4.78, 5) is 6.99. The molecule has 1 aromatic heterocycles. The van der Waals surface area contributed by atoms with Gasteiger partial charge in [-0.05, 0) is 45.4 Å². The summed E-state index contributed by atoms with van der Waals surface area (Å²) in [6.45, 7) is 10.6. The first-order chi connectivity index (χ1) is 13.0. The van der Waals surface area contributed by atoms with Crippen LogP contribution in [0.4, 0.5) is 4.39 Å². The Labute approximate surface area is 159 Å². The Hall–Kier alpha value is -2.41. The van der Waals surface area contributed by atoms with Gasteiger partial charge in [-0.15, -0.1) is 0 Å². The first kappa shape index (κ1) is 19.4.